The van der Waals surface area contributed by atoms with Gasteiger partial charge in [0.1, 0.15) is 5.75 Å². The summed E-state index contributed by atoms with van der Waals surface area (Å²) in [6.07, 6.45) is 0. The maximum atomic E-state index is 12.1. The van der Waals surface area contributed by atoms with Crippen LogP contribution in [0.2, 0.25) is 0 Å². The molecule has 0 fully saturated rings. The van der Waals surface area contributed by atoms with Crippen LogP contribution in [0, 0.1) is 5.41 Å². The maximum Gasteiger partial charge on any atom is 0.229 e. The minimum atomic E-state index is -0.583. The second-order valence-corrected chi connectivity index (χ2v) is 5.07. The lowest BCUT2D eigenvalue weighted by Crippen LogP contribution is -2.39. The summed E-state index contributed by atoms with van der Waals surface area (Å²) in [5.41, 5.74) is 0.148. The highest BCUT2D eigenvalue weighted by Gasteiger charge is 2.29. The summed E-state index contributed by atoms with van der Waals surface area (Å²) >= 11 is 5.77. The number of alkyl halides is 1. The zero-order valence-electron chi connectivity index (χ0n) is 10.4. The molecule has 3 nitrogen and oxygen atoms in total. The lowest BCUT2D eigenvalue weighted by molar-refractivity contribution is -0.138. The van der Waals surface area contributed by atoms with Crippen LogP contribution in [0.15, 0.2) is 24.3 Å². The van der Waals surface area contributed by atoms with Crippen LogP contribution in [0.25, 0.3) is 0 Å². The van der Waals surface area contributed by atoms with E-state index in [1.807, 2.05) is 19.9 Å². The SMILES string of the molecule is CN(Cc1ccccc1O)C(=O)C(C)(C)CCl. The lowest BCUT2D eigenvalue weighted by atomic mass is 9.94. The van der Waals surface area contributed by atoms with Gasteiger partial charge in [-0.1, -0.05) is 18.2 Å². The van der Waals surface area contributed by atoms with Gasteiger partial charge in [-0.25, -0.2) is 0 Å². The minimum absolute atomic E-state index is 0.0317. The first-order chi connectivity index (χ1) is 7.88. The zero-order valence-corrected chi connectivity index (χ0v) is 11.2. The monoisotopic (exact) mass is 255 g/mol. The molecule has 1 aromatic carbocycles. The molecule has 0 spiro atoms. The van der Waals surface area contributed by atoms with Gasteiger partial charge in [-0.3, -0.25) is 4.79 Å². The highest BCUT2D eigenvalue weighted by atomic mass is 35.5. The molecule has 0 saturated heterocycles. The van der Waals surface area contributed by atoms with Crippen molar-refractivity contribution >= 4 is 17.5 Å². The van der Waals surface area contributed by atoms with Crippen molar-refractivity contribution in [3.8, 4) is 5.75 Å². The molecule has 17 heavy (non-hydrogen) atoms. The van der Waals surface area contributed by atoms with E-state index in [0.717, 1.165) is 5.56 Å². The Labute approximate surface area is 107 Å². The predicted molar refractivity (Wildman–Crippen MR) is 69.1 cm³/mol. The number of phenolic OH excluding ortho intramolecular Hbond substituents is 1. The van der Waals surface area contributed by atoms with Crippen LogP contribution in [0.5, 0.6) is 5.75 Å². The summed E-state index contributed by atoms with van der Waals surface area (Å²) in [6, 6.07) is 7.00. The molecule has 4 heteroatoms. The summed E-state index contributed by atoms with van der Waals surface area (Å²) in [7, 11) is 1.71. The Kier molecular flexibility index (Phi) is 4.40. The van der Waals surface area contributed by atoms with Crippen LogP contribution in [0.3, 0.4) is 0 Å². The molecule has 1 aromatic rings. The molecule has 0 aromatic heterocycles. The van der Waals surface area contributed by atoms with Gasteiger partial charge in [-0.2, -0.15) is 0 Å². The van der Waals surface area contributed by atoms with E-state index in [9.17, 15) is 9.90 Å². The van der Waals surface area contributed by atoms with E-state index in [-0.39, 0.29) is 17.5 Å². The first kappa shape index (κ1) is 13.8. The maximum absolute atomic E-state index is 12.1. The van der Waals surface area contributed by atoms with Crippen LogP contribution < -0.4 is 0 Å². The Morgan fingerprint density at radius 3 is 2.53 bits per heavy atom. The van der Waals surface area contributed by atoms with Gasteiger partial charge in [0.2, 0.25) is 5.91 Å². The first-order valence-electron chi connectivity index (χ1n) is 5.47. The third kappa shape index (κ3) is 3.37. The second kappa shape index (κ2) is 5.41. The number of phenols is 1. The van der Waals surface area contributed by atoms with Crippen LogP contribution in [-0.2, 0) is 11.3 Å². The molecule has 0 atom stereocenters. The van der Waals surface area contributed by atoms with Crippen molar-refractivity contribution < 1.29 is 9.90 Å². The van der Waals surface area contributed by atoms with Crippen LogP contribution in [-0.4, -0.2) is 28.8 Å². The molecule has 0 radical (unpaired) electrons. The number of halogens is 1. The average molecular weight is 256 g/mol. The number of hydrogen-bond donors (Lipinski definition) is 1. The van der Waals surface area contributed by atoms with Crippen LogP contribution in [0.1, 0.15) is 19.4 Å². The standard InChI is InChI=1S/C13H18ClNO2/c1-13(2,9-14)12(17)15(3)8-10-6-4-5-7-11(10)16/h4-7,16H,8-9H2,1-3H3. The van der Waals surface area contributed by atoms with Gasteiger partial charge >= 0.3 is 0 Å². The predicted octanol–water partition coefficient (Wildman–Crippen LogP) is 2.62. The number of hydrogen-bond acceptors (Lipinski definition) is 2. The Hall–Kier alpha value is -1.22. The summed E-state index contributed by atoms with van der Waals surface area (Å²) < 4.78 is 0. The normalized spacial score (nSPS) is 11.3. The fraction of sp³-hybridized carbons (Fsp3) is 0.462. The third-order valence-corrected chi connectivity index (χ3v) is 3.33. The summed E-state index contributed by atoms with van der Waals surface area (Å²) in [4.78, 5) is 13.7. The fourth-order valence-electron chi connectivity index (χ4n) is 1.55. The summed E-state index contributed by atoms with van der Waals surface area (Å²) in [5.74, 6) is 0.448. The molecule has 0 bridgehead atoms. The third-order valence-electron chi connectivity index (χ3n) is 2.66. The highest BCUT2D eigenvalue weighted by Crippen LogP contribution is 2.23. The van der Waals surface area contributed by atoms with Crippen LogP contribution >= 0.6 is 11.6 Å². The molecule has 1 rings (SSSR count). The van der Waals surface area contributed by atoms with Gasteiger partial charge in [0, 0.05) is 25.0 Å². The first-order valence-corrected chi connectivity index (χ1v) is 6.00. The average Bonchev–Trinajstić information content (AvgIpc) is 2.31. The van der Waals surface area contributed by atoms with Crippen molar-refractivity contribution in [2.75, 3.05) is 12.9 Å². The summed E-state index contributed by atoms with van der Waals surface area (Å²) in [6.45, 7) is 4.00. The molecule has 0 heterocycles. The minimum Gasteiger partial charge on any atom is -0.508 e. The molecule has 0 aliphatic heterocycles. The number of rotatable bonds is 4. The van der Waals surface area contributed by atoms with E-state index in [1.54, 1.807) is 30.1 Å². The Balaban J connectivity index is 2.77. The molecule has 0 unspecified atom stereocenters. The van der Waals surface area contributed by atoms with E-state index >= 15 is 0 Å². The van der Waals surface area contributed by atoms with E-state index in [2.05, 4.69) is 0 Å². The van der Waals surface area contributed by atoms with Crippen molar-refractivity contribution in [2.24, 2.45) is 5.41 Å². The Morgan fingerprint density at radius 2 is 2.00 bits per heavy atom. The van der Waals surface area contributed by atoms with Crippen molar-refractivity contribution in [3.63, 3.8) is 0 Å². The smallest absolute Gasteiger partial charge is 0.229 e. The Bertz CT molecular complexity index is 404. The number of benzene rings is 1. The van der Waals surface area contributed by atoms with E-state index in [0.29, 0.717) is 6.54 Å². The van der Waals surface area contributed by atoms with E-state index in [4.69, 9.17) is 11.6 Å². The fourth-order valence-corrected chi connectivity index (χ4v) is 1.66. The van der Waals surface area contributed by atoms with Crippen molar-refractivity contribution in [3.05, 3.63) is 29.8 Å². The number of carbonyl (C=O) groups is 1. The van der Waals surface area contributed by atoms with E-state index in [1.165, 1.54) is 0 Å². The molecule has 1 N–H and O–H groups in total. The van der Waals surface area contributed by atoms with Crippen molar-refractivity contribution in [1.29, 1.82) is 0 Å². The molecule has 1 amide bonds. The lowest BCUT2D eigenvalue weighted by Gasteiger charge is -2.27. The van der Waals surface area contributed by atoms with Gasteiger partial charge in [-0.05, 0) is 19.9 Å². The van der Waals surface area contributed by atoms with Crippen LogP contribution in [0.4, 0.5) is 0 Å². The number of amides is 1. The van der Waals surface area contributed by atoms with Gasteiger partial charge in [-0.15, -0.1) is 11.6 Å². The largest absolute Gasteiger partial charge is 0.508 e. The summed E-state index contributed by atoms with van der Waals surface area (Å²) in [5, 5.41) is 9.64. The zero-order chi connectivity index (χ0) is 13.1. The van der Waals surface area contributed by atoms with Gasteiger partial charge in [0.15, 0.2) is 0 Å². The van der Waals surface area contributed by atoms with Gasteiger partial charge < -0.3 is 10.0 Å². The number of aromatic hydroxyl groups is 1. The van der Waals surface area contributed by atoms with Gasteiger partial charge in [0.25, 0.3) is 0 Å². The molecule has 0 aliphatic rings. The number of para-hydroxylation sites is 1. The van der Waals surface area contributed by atoms with Crippen molar-refractivity contribution in [1.82, 2.24) is 4.90 Å². The molecule has 0 saturated carbocycles. The molecule has 94 valence electrons. The van der Waals surface area contributed by atoms with Crippen molar-refractivity contribution in [2.45, 2.75) is 20.4 Å². The number of nitrogens with zero attached hydrogens (tertiary/aromatic N) is 1. The van der Waals surface area contributed by atoms with E-state index < -0.39 is 5.41 Å². The molecular weight excluding hydrogens is 238 g/mol. The quantitative estimate of drug-likeness (QED) is 0.841. The highest BCUT2D eigenvalue weighted by molar-refractivity contribution is 6.19. The Morgan fingerprint density at radius 1 is 1.41 bits per heavy atom. The number of carbonyl (C=O) groups excluding carboxylic acids is 1. The topological polar surface area (TPSA) is 40.5 Å². The second-order valence-electron chi connectivity index (χ2n) is 4.81. The molecular formula is C13H18ClNO2. The van der Waals surface area contributed by atoms with Gasteiger partial charge in [0.05, 0.1) is 5.41 Å². The molecule has 0 aliphatic carbocycles.